The Labute approximate surface area is 129 Å². The second-order valence-electron chi connectivity index (χ2n) is 4.97. The number of hydrogen-bond acceptors (Lipinski definition) is 3. The van der Waals surface area contributed by atoms with E-state index in [4.69, 9.17) is 5.14 Å². The fourth-order valence-electron chi connectivity index (χ4n) is 2.43. The normalized spacial score (nSPS) is 11.5. The quantitative estimate of drug-likeness (QED) is 0.807. The number of nitrogens with two attached hydrogens (primary N) is 1. The summed E-state index contributed by atoms with van der Waals surface area (Å²) in [4.78, 5) is 0.0512. The van der Waals surface area contributed by atoms with E-state index in [-0.39, 0.29) is 4.90 Å². The van der Waals surface area contributed by atoms with Crippen molar-refractivity contribution in [1.29, 1.82) is 0 Å². The molecule has 0 saturated carbocycles. The molecule has 0 radical (unpaired) electrons. The van der Waals surface area contributed by atoms with Gasteiger partial charge in [-0.1, -0.05) is 42.5 Å². The maximum atomic E-state index is 11.8. The van der Waals surface area contributed by atoms with Gasteiger partial charge in [0.25, 0.3) is 0 Å². The topological polar surface area (TPSA) is 78.0 Å². The van der Waals surface area contributed by atoms with Crippen LogP contribution in [0, 0.1) is 6.92 Å². The van der Waals surface area contributed by atoms with Gasteiger partial charge in [0.1, 0.15) is 4.90 Å². The minimum Gasteiger partial charge on any atom is -0.231 e. The average Bonchev–Trinajstić information content (AvgIpc) is 2.89. The molecule has 0 fully saturated rings. The minimum absolute atomic E-state index is 0.0512. The smallest absolute Gasteiger partial charge is 0.231 e. The lowest BCUT2D eigenvalue weighted by Crippen LogP contribution is -2.16. The number of aryl methyl sites for hydroxylation is 1. The van der Waals surface area contributed by atoms with Crippen LogP contribution in [0.2, 0.25) is 0 Å². The number of primary sulfonamides is 1. The molecule has 0 aliphatic rings. The Hall–Kier alpha value is -2.44. The van der Waals surface area contributed by atoms with Crippen LogP contribution in [0.15, 0.2) is 65.7 Å². The first-order valence-electron chi connectivity index (χ1n) is 6.71. The van der Waals surface area contributed by atoms with E-state index in [0.717, 1.165) is 16.8 Å². The zero-order valence-corrected chi connectivity index (χ0v) is 12.8. The van der Waals surface area contributed by atoms with Gasteiger partial charge in [0.2, 0.25) is 10.0 Å². The molecular weight excluding hydrogens is 298 g/mol. The summed E-state index contributed by atoms with van der Waals surface area (Å²) in [5.41, 5.74) is 3.20. The van der Waals surface area contributed by atoms with Crippen molar-refractivity contribution < 1.29 is 8.42 Å². The molecule has 0 spiro atoms. The lowest BCUT2D eigenvalue weighted by atomic mass is 10.1. The molecule has 1 aromatic heterocycles. The highest BCUT2D eigenvalue weighted by Crippen LogP contribution is 2.28. The number of nitrogens with zero attached hydrogens (tertiary/aromatic N) is 2. The van der Waals surface area contributed by atoms with Crippen LogP contribution in [0.1, 0.15) is 5.56 Å². The maximum Gasteiger partial charge on any atom is 0.240 e. The molecule has 0 atom stereocenters. The molecule has 6 heteroatoms. The Morgan fingerprint density at radius 1 is 1.00 bits per heavy atom. The summed E-state index contributed by atoms with van der Waals surface area (Å²) in [6, 6.07) is 16.3. The van der Waals surface area contributed by atoms with E-state index < -0.39 is 10.0 Å². The second kappa shape index (κ2) is 5.40. The van der Waals surface area contributed by atoms with Gasteiger partial charge in [-0.05, 0) is 24.6 Å². The molecule has 5 nitrogen and oxygen atoms in total. The van der Waals surface area contributed by atoms with Crippen LogP contribution >= 0.6 is 0 Å². The van der Waals surface area contributed by atoms with E-state index in [1.807, 2.05) is 37.3 Å². The fourth-order valence-corrected chi connectivity index (χ4v) is 3.15. The first-order valence-corrected chi connectivity index (χ1v) is 8.25. The Morgan fingerprint density at radius 3 is 2.32 bits per heavy atom. The lowest BCUT2D eigenvalue weighted by Gasteiger charge is -2.12. The molecule has 0 bridgehead atoms. The lowest BCUT2D eigenvalue weighted by molar-refractivity contribution is 0.596. The van der Waals surface area contributed by atoms with E-state index in [9.17, 15) is 8.42 Å². The van der Waals surface area contributed by atoms with Crippen LogP contribution in [-0.2, 0) is 10.0 Å². The molecule has 1 heterocycles. The predicted octanol–water partition coefficient (Wildman–Crippen LogP) is 2.50. The molecule has 2 aromatic carbocycles. The van der Waals surface area contributed by atoms with Gasteiger partial charge < -0.3 is 0 Å². The van der Waals surface area contributed by atoms with Crippen molar-refractivity contribution in [2.24, 2.45) is 5.14 Å². The molecule has 22 heavy (non-hydrogen) atoms. The minimum atomic E-state index is -3.83. The predicted molar refractivity (Wildman–Crippen MR) is 85.1 cm³/mol. The fraction of sp³-hybridized carbons (Fsp3) is 0.0625. The van der Waals surface area contributed by atoms with Crippen molar-refractivity contribution in [2.75, 3.05) is 0 Å². The highest BCUT2D eigenvalue weighted by Gasteiger charge is 2.19. The van der Waals surface area contributed by atoms with Crippen LogP contribution in [-0.4, -0.2) is 18.2 Å². The zero-order chi connectivity index (χ0) is 15.7. The van der Waals surface area contributed by atoms with E-state index in [1.54, 1.807) is 29.1 Å². The van der Waals surface area contributed by atoms with E-state index in [1.165, 1.54) is 6.07 Å². The zero-order valence-electron chi connectivity index (χ0n) is 12.0. The van der Waals surface area contributed by atoms with E-state index in [0.29, 0.717) is 5.69 Å². The van der Waals surface area contributed by atoms with Gasteiger partial charge >= 0.3 is 0 Å². The standard InChI is InChI=1S/C16H15N3O2S/c1-12-11-18-19(16(12)13-7-3-2-4-8-13)14-9-5-6-10-15(14)22(17,20)21/h2-11H,1H3,(H2,17,20,21). The van der Waals surface area contributed by atoms with Crippen LogP contribution < -0.4 is 5.14 Å². The first-order chi connectivity index (χ1) is 10.5. The largest absolute Gasteiger partial charge is 0.240 e. The average molecular weight is 313 g/mol. The van der Waals surface area contributed by atoms with Crippen molar-refractivity contribution in [1.82, 2.24) is 9.78 Å². The molecule has 2 N–H and O–H groups in total. The molecule has 0 amide bonds. The Bertz CT molecular complexity index is 916. The third-order valence-electron chi connectivity index (χ3n) is 3.40. The van der Waals surface area contributed by atoms with Crippen LogP contribution in [0.3, 0.4) is 0 Å². The van der Waals surface area contributed by atoms with Gasteiger partial charge in [-0.2, -0.15) is 5.10 Å². The summed E-state index contributed by atoms with van der Waals surface area (Å²) in [6.45, 7) is 1.94. The van der Waals surface area contributed by atoms with Gasteiger partial charge in [0, 0.05) is 5.56 Å². The maximum absolute atomic E-state index is 11.8. The van der Waals surface area contributed by atoms with Gasteiger partial charge in [-0.25, -0.2) is 18.2 Å². The second-order valence-corrected chi connectivity index (χ2v) is 6.50. The van der Waals surface area contributed by atoms with Gasteiger partial charge in [-0.15, -0.1) is 0 Å². The Balaban J connectivity index is 2.29. The number of para-hydroxylation sites is 1. The highest BCUT2D eigenvalue weighted by atomic mass is 32.2. The summed E-state index contributed by atoms with van der Waals surface area (Å²) in [7, 11) is -3.83. The summed E-state index contributed by atoms with van der Waals surface area (Å²) in [5.74, 6) is 0. The number of rotatable bonds is 3. The van der Waals surface area contributed by atoms with Crippen LogP contribution in [0.4, 0.5) is 0 Å². The third-order valence-corrected chi connectivity index (χ3v) is 4.36. The van der Waals surface area contributed by atoms with Crippen molar-refractivity contribution in [2.45, 2.75) is 11.8 Å². The number of sulfonamides is 1. The van der Waals surface area contributed by atoms with Crippen LogP contribution in [0.5, 0.6) is 0 Å². The Kier molecular flexibility index (Phi) is 3.56. The van der Waals surface area contributed by atoms with Crippen molar-refractivity contribution >= 4 is 10.0 Å². The number of aromatic nitrogens is 2. The van der Waals surface area contributed by atoms with E-state index >= 15 is 0 Å². The molecule has 3 rings (SSSR count). The summed E-state index contributed by atoms with van der Waals surface area (Å²) in [5, 5.41) is 9.65. The summed E-state index contributed by atoms with van der Waals surface area (Å²) >= 11 is 0. The molecule has 0 saturated heterocycles. The van der Waals surface area contributed by atoms with Crippen molar-refractivity contribution in [3.05, 3.63) is 66.4 Å². The molecule has 0 aliphatic heterocycles. The van der Waals surface area contributed by atoms with Crippen LogP contribution in [0.25, 0.3) is 16.9 Å². The molecule has 3 aromatic rings. The number of hydrogen-bond donors (Lipinski definition) is 1. The first kappa shape index (κ1) is 14.5. The van der Waals surface area contributed by atoms with Gasteiger partial charge in [0.05, 0.1) is 17.6 Å². The highest BCUT2D eigenvalue weighted by molar-refractivity contribution is 7.89. The van der Waals surface area contributed by atoms with Gasteiger partial charge in [-0.3, -0.25) is 0 Å². The summed E-state index contributed by atoms with van der Waals surface area (Å²) < 4.78 is 25.3. The Morgan fingerprint density at radius 2 is 1.64 bits per heavy atom. The summed E-state index contributed by atoms with van der Waals surface area (Å²) in [6.07, 6.45) is 1.71. The number of benzene rings is 2. The molecular formula is C16H15N3O2S. The van der Waals surface area contributed by atoms with Crippen molar-refractivity contribution in [3.63, 3.8) is 0 Å². The van der Waals surface area contributed by atoms with E-state index in [2.05, 4.69) is 5.10 Å². The third kappa shape index (κ3) is 2.54. The monoisotopic (exact) mass is 313 g/mol. The van der Waals surface area contributed by atoms with Crippen molar-refractivity contribution in [3.8, 4) is 16.9 Å². The molecule has 0 aliphatic carbocycles. The molecule has 0 unspecified atom stereocenters. The van der Waals surface area contributed by atoms with Gasteiger partial charge in [0.15, 0.2) is 0 Å². The SMILES string of the molecule is Cc1cnn(-c2ccccc2S(N)(=O)=O)c1-c1ccccc1. The molecule has 112 valence electrons.